The highest BCUT2D eigenvalue weighted by Crippen LogP contribution is 2.32. The molecular formula is C22H27N3O6S. The minimum absolute atomic E-state index is 0.0440. The monoisotopic (exact) mass is 461 g/mol. The molecule has 1 aliphatic heterocycles. The van der Waals surface area contributed by atoms with Gasteiger partial charge in [0.1, 0.15) is 5.60 Å². The number of ether oxygens (including phenoxy) is 1. The van der Waals surface area contributed by atoms with E-state index in [1.54, 1.807) is 51.1 Å². The average Bonchev–Trinajstić information content (AvgIpc) is 3.20. The van der Waals surface area contributed by atoms with Crippen LogP contribution in [0, 0.1) is 10.1 Å². The molecule has 1 amide bonds. The Hall–Kier alpha value is -3.14. The van der Waals surface area contributed by atoms with Crippen molar-refractivity contribution in [1.82, 2.24) is 4.90 Å². The highest BCUT2D eigenvalue weighted by molar-refractivity contribution is 7.93. The zero-order valence-electron chi connectivity index (χ0n) is 18.3. The number of nitro groups is 1. The number of hydrogen-bond acceptors (Lipinski definition) is 6. The van der Waals surface area contributed by atoms with Crippen LogP contribution in [-0.4, -0.2) is 49.1 Å². The van der Waals surface area contributed by atoms with Crippen molar-refractivity contribution in [3.8, 4) is 0 Å². The van der Waals surface area contributed by atoms with Crippen molar-refractivity contribution >= 4 is 27.5 Å². The van der Waals surface area contributed by atoms with E-state index < -0.39 is 43.3 Å². The fourth-order valence-corrected chi connectivity index (χ4v) is 5.32. The second-order valence-corrected chi connectivity index (χ2v) is 10.4. The molecule has 1 aliphatic rings. The Labute approximate surface area is 187 Å². The first-order valence-electron chi connectivity index (χ1n) is 10.3. The summed E-state index contributed by atoms with van der Waals surface area (Å²) >= 11 is 0. The maximum absolute atomic E-state index is 13.6. The van der Waals surface area contributed by atoms with E-state index in [4.69, 9.17) is 4.74 Å². The number of para-hydroxylation sites is 2. The number of anilines is 1. The predicted molar refractivity (Wildman–Crippen MR) is 120 cm³/mol. The lowest BCUT2D eigenvalue weighted by molar-refractivity contribution is -0.387. The van der Waals surface area contributed by atoms with Crippen LogP contribution >= 0.6 is 0 Å². The van der Waals surface area contributed by atoms with Gasteiger partial charge in [0, 0.05) is 12.6 Å². The summed E-state index contributed by atoms with van der Waals surface area (Å²) in [5.74, 6) is 0. The van der Waals surface area contributed by atoms with Gasteiger partial charge in [-0.2, -0.15) is 0 Å². The first-order valence-corrected chi connectivity index (χ1v) is 11.8. The molecule has 0 aromatic heterocycles. The van der Waals surface area contributed by atoms with E-state index in [0.29, 0.717) is 25.1 Å². The van der Waals surface area contributed by atoms with Crippen LogP contribution in [0.25, 0.3) is 0 Å². The fourth-order valence-electron chi connectivity index (χ4n) is 3.66. The number of likely N-dealkylation sites (tertiary alicyclic amines) is 1. The molecule has 0 N–H and O–H groups in total. The molecule has 0 spiro atoms. The zero-order valence-corrected chi connectivity index (χ0v) is 19.1. The SMILES string of the molecule is CC(C)(C)OC(=O)N1CCC[C@H]1CN(c1ccccc1)S(=O)(=O)c1ccccc1[N+](=O)[O-]. The van der Waals surface area contributed by atoms with E-state index in [2.05, 4.69) is 0 Å². The summed E-state index contributed by atoms with van der Waals surface area (Å²) in [6.07, 6.45) is 0.795. The summed E-state index contributed by atoms with van der Waals surface area (Å²) in [5.41, 5.74) is -0.814. The van der Waals surface area contributed by atoms with Crippen molar-refractivity contribution in [3.63, 3.8) is 0 Å². The van der Waals surface area contributed by atoms with Gasteiger partial charge in [0.25, 0.3) is 15.7 Å². The number of amides is 1. The average molecular weight is 462 g/mol. The smallest absolute Gasteiger partial charge is 0.410 e. The molecule has 32 heavy (non-hydrogen) atoms. The van der Waals surface area contributed by atoms with E-state index in [1.807, 2.05) is 0 Å². The molecular weight excluding hydrogens is 434 g/mol. The van der Waals surface area contributed by atoms with Crippen LogP contribution < -0.4 is 4.31 Å². The van der Waals surface area contributed by atoms with Crippen molar-refractivity contribution in [2.75, 3.05) is 17.4 Å². The molecule has 0 aliphatic carbocycles. The summed E-state index contributed by atoms with van der Waals surface area (Å²) in [6.45, 7) is 5.72. The van der Waals surface area contributed by atoms with Crippen LogP contribution in [0.15, 0.2) is 59.5 Å². The molecule has 9 nitrogen and oxygen atoms in total. The van der Waals surface area contributed by atoms with E-state index in [1.165, 1.54) is 29.2 Å². The van der Waals surface area contributed by atoms with E-state index >= 15 is 0 Å². The van der Waals surface area contributed by atoms with Crippen molar-refractivity contribution in [2.45, 2.75) is 50.2 Å². The summed E-state index contributed by atoms with van der Waals surface area (Å²) in [6, 6.07) is 13.2. The summed E-state index contributed by atoms with van der Waals surface area (Å²) < 4.78 is 33.9. The maximum atomic E-state index is 13.6. The third-order valence-electron chi connectivity index (χ3n) is 5.06. The Balaban J connectivity index is 2.00. The molecule has 0 bridgehead atoms. The lowest BCUT2D eigenvalue weighted by Crippen LogP contribution is -2.47. The molecule has 1 atom stereocenters. The molecule has 0 saturated carbocycles. The minimum Gasteiger partial charge on any atom is -0.444 e. The van der Waals surface area contributed by atoms with Crippen molar-refractivity contribution in [2.24, 2.45) is 0 Å². The second kappa shape index (κ2) is 9.15. The summed E-state index contributed by atoms with van der Waals surface area (Å²) in [7, 11) is -4.29. The molecule has 3 rings (SSSR count). The van der Waals surface area contributed by atoms with Gasteiger partial charge in [-0.25, -0.2) is 13.2 Å². The van der Waals surface area contributed by atoms with Gasteiger partial charge in [0.15, 0.2) is 4.90 Å². The highest BCUT2D eigenvalue weighted by atomic mass is 32.2. The number of nitro benzene ring substituents is 1. The quantitative estimate of drug-likeness (QED) is 0.471. The Kier molecular flexibility index (Phi) is 6.73. The number of benzene rings is 2. The normalized spacial score (nSPS) is 16.6. The number of carbonyl (C=O) groups excluding carboxylic acids is 1. The van der Waals surface area contributed by atoms with Crippen LogP contribution in [0.2, 0.25) is 0 Å². The summed E-state index contributed by atoms with van der Waals surface area (Å²) in [4.78, 5) is 24.6. The Morgan fingerprint density at radius 2 is 1.78 bits per heavy atom. The molecule has 2 aromatic rings. The largest absolute Gasteiger partial charge is 0.444 e. The number of carbonyl (C=O) groups is 1. The third kappa shape index (κ3) is 5.18. The molecule has 0 unspecified atom stereocenters. The first kappa shape index (κ1) is 23.5. The molecule has 1 heterocycles. The molecule has 2 aromatic carbocycles. The number of hydrogen-bond donors (Lipinski definition) is 0. The minimum atomic E-state index is -4.29. The van der Waals surface area contributed by atoms with Gasteiger partial charge in [0.05, 0.1) is 23.2 Å². The van der Waals surface area contributed by atoms with Gasteiger partial charge < -0.3 is 9.64 Å². The Morgan fingerprint density at radius 1 is 1.16 bits per heavy atom. The van der Waals surface area contributed by atoms with Gasteiger partial charge in [-0.15, -0.1) is 0 Å². The molecule has 172 valence electrons. The lowest BCUT2D eigenvalue weighted by Gasteiger charge is -2.32. The van der Waals surface area contributed by atoms with Gasteiger partial charge in [0.2, 0.25) is 0 Å². The van der Waals surface area contributed by atoms with E-state index in [9.17, 15) is 23.3 Å². The first-order chi connectivity index (χ1) is 15.0. The van der Waals surface area contributed by atoms with Gasteiger partial charge in [-0.1, -0.05) is 30.3 Å². The zero-order chi connectivity index (χ0) is 23.5. The number of nitrogens with zero attached hydrogens (tertiary/aromatic N) is 3. The third-order valence-corrected chi connectivity index (χ3v) is 6.90. The number of rotatable bonds is 6. The molecule has 1 fully saturated rings. The lowest BCUT2D eigenvalue weighted by atomic mass is 10.2. The van der Waals surface area contributed by atoms with Crippen LogP contribution in [0.1, 0.15) is 33.6 Å². The van der Waals surface area contributed by atoms with Crippen LogP contribution in [0.4, 0.5) is 16.2 Å². The van der Waals surface area contributed by atoms with E-state index in [0.717, 1.165) is 4.31 Å². The molecule has 0 radical (unpaired) electrons. The van der Waals surface area contributed by atoms with Crippen LogP contribution in [0.3, 0.4) is 0 Å². The predicted octanol–water partition coefficient (Wildman–Crippen LogP) is 4.19. The standard InChI is InChI=1S/C22H27N3O6S/c1-22(2,3)31-21(26)23-15-9-12-18(23)16-24(17-10-5-4-6-11-17)32(29,30)20-14-8-7-13-19(20)25(27)28/h4-8,10-11,13-14,18H,9,12,15-16H2,1-3H3/t18-/m0/s1. The van der Waals surface area contributed by atoms with Crippen LogP contribution in [0.5, 0.6) is 0 Å². The Bertz CT molecular complexity index is 1080. The van der Waals surface area contributed by atoms with E-state index in [-0.39, 0.29) is 6.54 Å². The van der Waals surface area contributed by atoms with Gasteiger partial charge >= 0.3 is 6.09 Å². The summed E-state index contributed by atoms with van der Waals surface area (Å²) in [5, 5.41) is 11.5. The number of sulfonamides is 1. The van der Waals surface area contributed by atoms with Crippen molar-refractivity contribution < 1.29 is 22.9 Å². The van der Waals surface area contributed by atoms with Crippen molar-refractivity contribution in [3.05, 3.63) is 64.7 Å². The Morgan fingerprint density at radius 3 is 2.41 bits per heavy atom. The van der Waals surface area contributed by atoms with Gasteiger partial charge in [-0.05, 0) is 51.8 Å². The highest BCUT2D eigenvalue weighted by Gasteiger charge is 2.38. The maximum Gasteiger partial charge on any atom is 0.410 e. The molecule has 10 heteroatoms. The van der Waals surface area contributed by atoms with Crippen LogP contribution in [-0.2, 0) is 14.8 Å². The molecule has 1 saturated heterocycles. The van der Waals surface area contributed by atoms with Gasteiger partial charge in [-0.3, -0.25) is 14.4 Å². The fraction of sp³-hybridized carbons (Fsp3) is 0.409. The topological polar surface area (TPSA) is 110 Å². The van der Waals surface area contributed by atoms with Crippen molar-refractivity contribution in [1.29, 1.82) is 0 Å². The second-order valence-electron chi connectivity index (χ2n) is 8.57.